The lowest BCUT2D eigenvalue weighted by Crippen LogP contribution is -1.94. The van der Waals surface area contributed by atoms with Gasteiger partial charge >= 0.3 is 0 Å². The number of aryl methyl sites for hydroxylation is 1. The molecule has 0 aliphatic rings. The Labute approximate surface area is 91.7 Å². The lowest BCUT2D eigenvalue weighted by molar-refractivity contribution is -0.117. The van der Waals surface area contributed by atoms with Crippen LogP contribution in [0.2, 0.25) is 0 Å². The maximum atomic E-state index is 10.8. The van der Waals surface area contributed by atoms with Crippen molar-refractivity contribution in [3.8, 4) is 11.5 Å². The number of hydrogen-bond acceptors (Lipinski definition) is 6. The molecule has 0 aliphatic carbocycles. The maximum Gasteiger partial charge on any atom is 0.227 e. The van der Waals surface area contributed by atoms with E-state index in [9.17, 15) is 4.79 Å². The highest BCUT2D eigenvalue weighted by molar-refractivity contribution is 5.75. The molecule has 0 unspecified atom stereocenters. The summed E-state index contributed by atoms with van der Waals surface area (Å²) in [6.07, 6.45) is 5.55. The van der Waals surface area contributed by atoms with Crippen LogP contribution in [0.15, 0.2) is 23.1 Å². The summed E-state index contributed by atoms with van der Waals surface area (Å²) >= 11 is 0. The quantitative estimate of drug-likeness (QED) is 0.762. The van der Waals surface area contributed by atoms with Crippen molar-refractivity contribution in [1.82, 2.24) is 20.1 Å². The molecule has 2 aromatic heterocycles. The molecule has 2 rings (SSSR count). The van der Waals surface area contributed by atoms with Crippen LogP contribution in [-0.2, 0) is 11.2 Å². The molecule has 0 fully saturated rings. The van der Waals surface area contributed by atoms with E-state index in [-0.39, 0.29) is 5.78 Å². The Hall–Kier alpha value is -2.11. The standard InChI is InChI=1S/C10H10N4O2/c1-7(15)2-3-9-13-10(14-16-9)8-6-11-4-5-12-8/h4-6H,2-3H2,1H3. The summed E-state index contributed by atoms with van der Waals surface area (Å²) < 4.78 is 4.99. The van der Waals surface area contributed by atoms with Crippen LogP contribution in [0.25, 0.3) is 11.5 Å². The highest BCUT2D eigenvalue weighted by Gasteiger charge is 2.09. The monoisotopic (exact) mass is 218 g/mol. The number of hydrogen-bond donors (Lipinski definition) is 0. The fourth-order valence-electron chi connectivity index (χ4n) is 1.16. The normalized spacial score (nSPS) is 10.3. The molecule has 6 nitrogen and oxygen atoms in total. The summed E-state index contributed by atoms with van der Waals surface area (Å²) in [4.78, 5) is 22.9. The van der Waals surface area contributed by atoms with Gasteiger partial charge in [-0.05, 0) is 6.92 Å². The summed E-state index contributed by atoms with van der Waals surface area (Å²) in [5, 5.41) is 3.76. The fourth-order valence-corrected chi connectivity index (χ4v) is 1.16. The Balaban J connectivity index is 2.11. The molecule has 82 valence electrons. The van der Waals surface area contributed by atoms with Gasteiger partial charge in [0.15, 0.2) is 0 Å². The van der Waals surface area contributed by atoms with E-state index in [1.807, 2.05) is 0 Å². The van der Waals surface area contributed by atoms with Crippen molar-refractivity contribution in [2.75, 3.05) is 0 Å². The first-order valence-corrected chi connectivity index (χ1v) is 4.84. The molecule has 0 atom stereocenters. The van der Waals surface area contributed by atoms with E-state index >= 15 is 0 Å². The third kappa shape index (κ3) is 2.47. The van der Waals surface area contributed by atoms with E-state index in [1.165, 1.54) is 6.92 Å². The molecule has 0 saturated heterocycles. The SMILES string of the molecule is CC(=O)CCc1nc(-c2cnccn2)no1. The zero-order chi connectivity index (χ0) is 11.4. The van der Waals surface area contributed by atoms with Gasteiger partial charge in [0.1, 0.15) is 11.5 Å². The lowest BCUT2D eigenvalue weighted by Gasteiger charge is -1.89. The predicted molar refractivity (Wildman–Crippen MR) is 54.3 cm³/mol. The molecule has 6 heteroatoms. The van der Waals surface area contributed by atoms with Gasteiger partial charge in [-0.25, -0.2) is 4.98 Å². The first-order valence-electron chi connectivity index (χ1n) is 4.84. The van der Waals surface area contributed by atoms with Crippen LogP contribution < -0.4 is 0 Å². The molecule has 0 bridgehead atoms. The van der Waals surface area contributed by atoms with Crippen molar-refractivity contribution < 1.29 is 9.32 Å². The van der Waals surface area contributed by atoms with E-state index in [4.69, 9.17) is 4.52 Å². The first kappa shape index (κ1) is 10.4. The number of aromatic nitrogens is 4. The zero-order valence-corrected chi connectivity index (χ0v) is 8.75. The molecule has 0 aromatic carbocycles. The van der Waals surface area contributed by atoms with E-state index in [0.29, 0.717) is 30.3 Å². The molecule has 0 N–H and O–H groups in total. The molecule has 2 aromatic rings. The second-order valence-corrected chi connectivity index (χ2v) is 3.30. The molecule has 0 saturated carbocycles. The number of carbonyl (C=O) groups is 1. The van der Waals surface area contributed by atoms with E-state index in [0.717, 1.165) is 0 Å². The Kier molecular flexibility index (Phi) is 3.00. The molecular weight excluding hydrogens is 208 g/mol. The van der Waals surface area contributed by atoms with Crippen molar-refractivity contribution in [2.24, 2.45) is 0 Å². The van der Waals surface area contributed by atoms with E-state index in [1.54, 1.807) is 18.6 Å². The summed E-state index contributed by atoms with van der Waals surface area (Å²) in [5.41, 5.74) is 0.556. The van der Waals surface area contributed by atoms with Gasteiger partial charge in [-0.3, -0.25) is 4.98 Å². The van der Waals surface area contributed by atoms with Gasteiger partial charge in [-0.15, -0.1) is 0 Å². The number of carbonyl (C=O) groups excluding carboxylic acids is 1. The lowest BCUT2D eigenvalue weighted by atomic mass is 10.2. The highest BCUT2D eigenvalue weighted by Crippen LogP contribution is 2.11. The molecule has 0 amide bonds. The summed E-state index contributed by atoms with van der Waals surface area (Å²) in [7, 11) is 0. The van der Waals surface area contributed by atoms with Crippen LogP contribution in [0.3, 0.4) is 0 Å². The third-order valence-corrected chi connectivity index (χ3v) is 1.95. The number of nitrogens with zero attached hydrogens (tertiary/aromatic N) is 4. The largest absolute Gasteiger partial charge is 0.339 e. The van der Waals surface area contributed by atoms with Gasteiger partial charge in [-0.1, -0.05) is 5.16 Å². The Morgan fingerprint density at radius 1 is 1.44 bits per heavy atom. The van der Waals surface area contributed by atoms with Crippen LogP contribution in [-0.4, -0.2) is 25.9 Å². The molecular formula is C10H10N4O2. The third-order valence-electron chi connectivity index (χ3n) is 1.95. The summed E-state index contributed by atoms with van der Waals surface area (Å²) in [6, 6.07) is 0. The fraction of sp³-hybridized carbons (Fsp3) is 0.300. The first-order chi connectivity index (χ1) is 7.75. The molecule has 2 heterocycles. The van der Waals surface area contributed by atoms with Crippen LogP contribution in [0.5, 0.6) is 0 Å². The van der Waals surface area contributed by atoms with Crippen LogP contribution in [0.1, 0.15) is 19.2 Å². The van der Waals surface area contributed by atoms with E-state index in [2.05, 4.69) is 20.1 Å². The number of rotatable bonds is 4. The summed E-state index contributed by atoms with van der Waals surface area (Å²) in [5.74, 6) is 0.932. The van der Waals surface area contributed by atoms with Crippen LogP contribution >= 0.6 is 0 Å². The van der Waals surface area contributed by atoms with Crippen LogP contribution in [0.4, 0.5) is 0 Å². The van der Waals surface area contributed by atoms with Crippen molar-refractivity contribution in [2.45, 2.75) is 19.8 Å². The second kappa shape index (κ2) is 4.61. The van der Waals surface area contributed by atoms with Gasteiger partial charge in [0.05, 0.1) is 6.20 Å². The molecule has 0 spiro atoms. The maximum absolute atomic E-state index is 10.8. The predicted octanol–water partition coefficient (Wildman–Crippen LogP) is 1.05. The second-order valence-electron chi connectivity index (χ2n) is 3.30. The van der Waals surface area contributed by atoms with Gasteiger partial charge in [-0.2, -0.15) is 4.98 Å². The van der Waals surface area contributed by atoms with Crippen LogP contribution in [0, 0.1) is 0 Å². The minimum Gasteiger partial charge on any atom is -0.339 e. The average Bonchev–Trinajstić information content (AvgIpc) is 2.76. The smallest absolute Gasteiger partial charge is 0.227 e. The van der Waals surface area contributed by atoms with Gasteiger partial charge in [0.25, 0.3) is 0 Å². The van der Waals surface area contributed by atoms with E-state index < -0.39 is 0 Å². The van der Waals surface area contributed by atoms with Crippen molar-refractivity contribution in [1.29, 1.82) is 0 Å². The Morgan fingerprint density at radius 3 is 3.00 bits per heavy atom. The van der Waals surface area contributed by atoms with Crippen molar-refractivity contribution in [3.63, 3.8) is 0 Å². The summed E-state index contributed by atoms with van der Waals surface area (Å²) in [6.45, 7) is 1.53. The van der Waals surface area contributed by atoms with Gasteiger partial charge in [0, 0.05) is 25.2 Å². The minimum atomic E-state index is 0.0965. The molecule has 0 aliphatic heterocycles. The zero-order valence-electron chi connectivity index (χ0n) is 8.75. The Morgan fingerprint density at radius 2 is 2.31 bits per heavy atom. The average molecular weight is 218 g/mol. The highest BCUT2D eigenvalue weighted by atomic mass is 16.5. The van der Waals surface area contributed by atoms with Gasteiger partial charge in [0.2, 0.25) is 11.7 Å². The van der Waals surface area contributed by atoms with Crippen molar-refractivity contribution in [3.05, 3.63) is 24.5 Å². The number of Topliss-reactive ketones (excluding diaryl/α,β-unsaturated/α-hetero) is 1. The topological polar surface area (TPSA) is 81.8 Å². The molecule has 16 heavy (non-hydrogen) atoms. The van der Waals surface area contributed by atoms with Crippen molar-refractivity contribution >= 4 is 5.78 Å². The number of ketones is 1. The molecule has 0 radical (unpaired) electrons. The Bertz CT molecular complexity index is 481. The van der Waals surface area contributed by atoms with Gasteiger partial charge < -0.3 is 9.32 Å². The minimum absolute atomic E-state index is 0.0965.